The highest BCUT2D eigenvalue weighted by atomic mass is 19.1. The maximum atomic E-state index is 13.5. The zero-order valence-electron chi connectivity index (χ0n) is 12.7. The fourth-order valence-corrected chi connectivity index (χ4v) is 2.74. The molecule has 1 aliphatic heterocycles. The van der Waals surface area contributed by atoms with E-state index in [0.29, 0.717) is 18.5 Å². The van der Waals surface area contributed by atoms with E-state index in [4.69, 9.17) is 4.74 Å². The molecule has 0 saturated carbocycles. The third-order valence-electron chi connectivity index (χ3n) is 3.77. The number of ether oxygens (including phenoxy) is 1. The molecule has 1 fully saturated rings. The number of halogens is 1. The first-order chi connectivity index (χ1) is 9.60. The van der Waals surface area contributed by atoms with Crippen LogP contribution in [0, 0.1) is 11.7 Å². The van der Waals surface area contributed by atoms with Crippen molar-refractivity contribution < 1.29 is 9.13 Å². The van der Waals surface area contributed by atoms with Crippen molar-refractivity contribution in [2.45, 2.75) is 32.9 Å². The lowest BCUT2D eigenvalue weighted by atomic mass is 10.1. The number of methoxy groups -OCH3 is 1. The van der Waals surface area contributed by atoms with Crippen LogP contribution in [0.25, 0.3) is 0 Å². The Bertz CT molecular complexity index is 436. The highest BCUT2D eigenvalue weighted by molar-refractivity contribution is 5.54. The topological polar surface area (TPSA) is 24.5 Å². The van der Waals surface area contributed by atoms with Crippen molar-refractivity contribution in [2.75, 3.05) is 31.7 Å². The Morgan fingerprint density at radius 1 is 1.45 bits per heavy atom. The molecule has 0 bridgehead atoms. The molecular formula is C16H25FN2O. The Labute approximate surface area is 121 Å². The van der Waals surface area contributed by atoms with Gasteiger partial charge in [-0.05, 0) is 30.2 Å². The Hall–Kier alpha value is -1.13. The third-order valence-corrected chi connectivity index (χ3v) is 3.77. The average Bonchev–Trinajstić information content (AvgIpc) is 2.85. The maximum Gasteiger partial charge on any atom is 0.123 e. The summed E-state index contributed by atoms with van der Waals surface area (Å²) in [5.74, 6) is 0.415. The molecule has 0 spiro atoms. The normalized spacial score (nSPS) is 19.1. The molecule has 1 atom stereocenters. The molecule has 4 heteroatoms. The fraction of sp³-hybridized carbons (Fsp3) is 0.625. The first-order valence-electron chi connectivity index (χ1n) is 7.36. The number of rotatable bonds is 6. The second-order valence-electron chi connectivity index (χ2n) is 5.86. The van der Waals surface area contributed by atoms with E-state index in [2.05, 4.69) is 24.1 Å². The Kier molecular flexibility index (Phi) is 5.38. The second-order valence-corrected chi connectivity index (χ2v) is 5.86. The second kappa shape index (κ2) is 7.04. The van der Waals surface area contributed by atoms with E-state index >= 15 is 0 Å². The maximum absolute atomic E-state index is 13.5. The van der Waals surface area contributed by atoms with Crippen molar-refractivity contribution in [1.29, 1.82) is 0 Å². The van der Waals surface area contributed by atoms with Gasteiger partial charge >= 0.3 is 0 Å². The predicted molar refractivity (Wildman–Crippen MR) is 80.6 cm³/mol. The Balaban J connectivity index is 2.10. The third kappa shape index (κ3) is 3.93. The molecule has 1 aromatic rings. The van der Waals surface area contributed by atoms with Crippen LogP contribution in [0.15, 0.2) is 18.2 Å². The van der Waals surface area contributed by atoms with Crippen LogP contribution in [-0.4, -0.2) is 32.8 Å². The van der Waals surface area contributed by atoms with Crippen LogP contribution in [0.3, 0.4) is 0 Å². The van der Waals surface area contributed by atoms with Gasteiger partial charge in [0, 0.05) is 44.4 Å². The number of hydrogen-bond acceptors (Lipinski definition) is 3. The summed E-state index contributed by atoms with van der Waals surface area (Å²) in [5, 5.41) is 3.37. The number of hydrogen-bond donors (Lipinski definition) is 1. The molecule has 0 aliphatic carbocycles. The first-order valence-corrected chi connectivity index (χ1v) is 7.36. The highest BCUT2D eigenvalue weighted by Crippen LogP contribution is 2.28. The largest absolute Gasteiger partial charge is 0.384 e. The van der Waals surface area contributed by atoms with Gasteiger partial charge in [0.2, 0.25) is 0 Å². The summed E-state index contributed by atoms with van der Waals surface area (Å²) < 4.78 is 18.7. The van der Waals surface area contributed by atoms with Crippen molar-refractivity contribution in [2.24, 2.45) is 5.92 Å². The number of nitrogens with zero attached hydrogens (tertiary/aromatic N) is 1. The van der Waals surface area contributed by atoms with Gasteiger partial charge in [0.25, 0.3) is 0 Å². The molecule has 2 rings (SSSR count). The average molecular weight is 280 g/mol. The summed E-state index contributed by atoms with van der Waals surface area (Å²) in [7, 11) is 1.75. The van der Waals surface area contributed by atoms with Crippen molar-refractivity contribution >= 4 is 5.69 Å². The molecule has 112 valence electrons. The van der Waals surface area contributed by atoms with Crippen LogP contribution in [0.2, 0.25) is 0 Å². The summed E-state index contributed by atoms with van der Waals surface area (Å²) in [6.07, 6.45) is 1.14. The number of benzene rings is 1. The van der Waals surface area contributed by atoms with Crippen molar-refractivity contribution in [1.82, 2.24) is 5.32 Å². The minimum absolute atomic E-state index is 0.165. The van der Waals surface area contributed by atoms with Gasteiger partial charge in [0.05, 0.1) is 6.61 Å². The number of anilines is 1. The molecular weight excluding hydrogens is 255 g/mol. The molecule has 1 unspecified atom stereocenters. The fourth-order valence-electron chi connectivity index (χ4n) is 2.74. The van der Waals surface area contributed by atoms with Crippen molar-refractivity contribution in [3.63, 3.8) is 0 Å². The van der Waals surface area contributed by atoms with Gasteiger partial charge in [-0.1, -0.05) is 13.8 Å². The van der Waals surface area contributed by atoms with Gasteiger partial charge in [0.1, 0.15) is 5.82 Å². The van der Waals surface area contributed by atoms with Crippen LogP contribution in [0.5, 0.6) is 0 Å². The zero-order valence-corrected chi connectivity index (χ0v) is 12.7. The molecule has 1 aliphatic rings. The van der Waals surface area contributed by atoms with Gasteiger partial charge < -0.3 is 15.0 Å². The Morgan fingerprint density at radius 3 is 2.95 bits per heavy atom. The molecule has 3 nitrogen and oxygen atoms in total. The summed E-state index contributed by atoms with van der Waals surface area (Å²) >= 11 is 0. The monoisotopic (exact) mass is 280 g/mol. The van der Waals surface area contributed by atoms with Crippen LogP contribution in [0.1, 0.15) is 25.8 Å². The SMILES string of the molecule is COCC1CCN(c2ccc(F)cc2CNC(C)C)C1. The zero-order chi connectivity index (χ0) is 14.5. The van der Waals surface area contributed by atoms with E-state index < -0.39 is 0 Å². The van der Waals surface area contributed by atoms with E-state index in [0.717, 1.165) is 37.4 Å². The van der Waals surface area contributed by atoms with Crippen LogP contribution < -0.4 is 10.2 Å². The lowest BCUT2D eigenvalue weighted by Gasteiger charge is -2.23. The molecule has 0 radical (unpaired) electrons. The van der Waals surface area contributed by atoms with Gasteiger partial charge in [-0.25, -0.2) is 4.39 Å². The summed E-state index contributed by atoms with van der Waals surface area (Å²) in [4.78, 5) is 2.35. The number of nitrogens with one attached hydrogen (secondary N) is 1. The molecule has 0 amide bonds. The summed E-state index contributed by atoms with van der Waals surface area (Å²) in [6.45, 7) is 7.73. The van der Waals surface area contributed by atoms with E-state index in [-0.39, 0.29) is 5.82 Å². The van der Waals surface area contributed by atoms with Crippen LogP contribution in [-0.2, 0) is 11.3 Å². The van der Waals surface area contributed by atoms with Crippen molar-refractivity contribution in [3.05, 3.63) is 29.6 Å². The van der Waals surface area contributed by atoms with Crippen LogP contribution >= 0.6 is 0 Å². The standard InChI is InChI=1S/C16H25FN2O/c1-12(2)18-9-14-8-15(17)4-5-16(14)19-7-6-13(10-19)11-20-3/h4-5,8,12-13,18H,6-7,9-11H2,1-3H3. The highest BCUT2D eigenvalue weighted by Gasteiger charge is 2.24. The molecule has 1 aromatic carbocycles. The molecule has 0 aromatic heterocycles. The summed E-state index contributed by atoms with van der Waals surface area (Å²) in [6, 6.07) is 5.50. The quantitative estimate of drug-likeness (QED) is 0.867. The van der Waals surface area contributed by atoms with E-state index in [1.54, 1.807) is 19.2 Å². The predicted octanol–water partition coefficient (Wildman–Crippen LogP) is 2.80. The van der Waals surface area contributed by atoms with Gasteiger partial charge in [0.15, 0.2) is 0 Å². The lowest BCUT2D eigenvalue weighted by Crippen LogP contribution is -2.26. The molecule has 20 heavy (non-hydrogen) atoms. The van der Waals surface area contributed by atoms with Gasteiger partial charge in [-0.15, -0.1) is 0 Å². The van der Waals surface area contributed by atoms with Crippen molar-refractivity contribution in [3.8, 4) is 0 Å². The minimum Gasteiger partial charge on any atom is -0.384 e. The summed E-state index contributed by atoms with van der Waals surface area (Å²) in [5.41, 5.74) is 2.19. The first kappa shape index (κ1) is 15.3. The Morgan fingerprint density at radius 2 is 2.25 bits per heavy atom. The molecule has 1 saturated heterocycles. The smallest absolute Gasteiger partial charge is 0.123 e. The molecule has 1 N–H and O–H groups in total. The minimum atomic E-state index is -0.165. The van der Waals surface area contributed by atoms with E-state index in [9.17, 15) is 4.39 Å². The van der Waals surface area contributed by atoms with E-state index in [1.807, 2.05) is 6.07 Å². The lowest BCUT2D eigenvalue weighted by molar-refractivity contribution is 0.161. The van der Waals surface area contributed by atoms with Gasteiger partial charge in [-0.3, -0.25) is 0 Å². The van der Waals surface area contributed by atoms with Gasteiger partial charge in [-0.2, -0.15) is 0 Å². The molecule has 1 heterocycles. The van der Waals surface area contributed by atoms with E-state index in [1.165, 1.54) is 0 Å². The van der Waals surface area contributed by atoms with Crippen LogP contribution in [0.4, 0.5) is 10.1 Å².